The predicted molar refractivity (Wildman–Crippen MR) is 81.1 cm³/mol. The third-order valence-electron chi connectivity index (χ3n) is 4.66. The molecule has 1 aliphatic heterocycles. The number of nitrogens with zero attached hydrogens (tertiary/aromatic N) is 1. The first-order valence-electron chi connectivity index (χ1n) is 7.99. The number of amides is 1. The predicted octanol–water partition coefficient (Wildman–Crippen LogP) is 3.05. The summed E-state index contributed by atoms with van der Waals surface area (Å²) in [5, 5.41) is 3.65. The van der Waals surface area contributed by atoms with Gasteiger partial charge in [-0.2, -0.15) is 0 Å². The summed E-state index contributed by atoms with van der Waals surface area (Å²) < 4.78 is 0. The van der Waals surface area contributed by atoms with Crippen LogP contribution in [0.5, 0.6) is 0 Å². The Balaban J connectivity index is 2.61. The summed E-state index contributed by atoms with van der Waals surface area (Å²) in [6, 6.07) is 0.596. The monoisotopic (exact) mass is 268 g/mol. The second-order valence-electron chi connectivity index (χ2n) is 6.51. The molecule has 0 aromatic heterocycles. The van der Waals surface area contributed by atoms with Crippen LogP contribution < -0.4 is 5.32 Å². The summed E-state index contributed by atoms with van der Waals surface area (Å²) >= 11 is 0. The minimum Gasteiger partial charge on any atom is -0.342 e. The molecule has 3 nitrogen and oxygen atoms in total. The van der Waals surface area contributed by atoms with E-state index in [4.69, 9.17) is 0 Å². The van der Waals surface area contributed by atoms with Crippen LogP contribution in [0.1, 0.15) is 60.3 Å². The number of carbonyl (C=O) groups is 1. The molecule has 2 unspecified atom stereocenters. The molecule has 1 N–H and O–H groups in total. The molecule has 1 rings (SSSR count). The Kier molecular flexibility index (Phi) is 6.31. The Hall–Kier alpha value is -0.570. The van der Waals surface area contributed by atoms with Gasteiger partial charge in [-0.15, -0.1) is 0 Å². The number of hydrogen-bond donors (Lipinski definition) is 1. The fraction of sp³-hybridized carbons (Fsp3) is 0.938. The zero-order valence-corrected chi connectivity index (χ0v) is 13.5. The van der Waals surface area contributed by atoms with Crippen molar-refractivity contribution in [3.05, 3.63) is 0 Å². The molecule has 0 bridgehead atoms. The molecule has 0 aromatic rings. The SMILES string of the molecule is CCCNC1CCN(C(=O)C(C)(C)CC)CC1CC. The molecule has 1 fully saturated rings. The van der Waals surface area contributed by atoms with Crippen LogP contribution in [0.3, 0.4) is 0 Å². The highest BCUT2D eigenvalue weighted by molar-refractivity contribution is 5.82. The molecule has 0 aliphatic carbocycles. The van der Waals surface area contributed by atoms with E-state index in [2.05, 4.69) is 44.8 Å². The number of rotatable bonds is 6. The van der Waals surface area contributed by atoms with Crippen LogP contribution in [0.2, 0.25) is 0 Å². The average Bonchev–Trinajstić information content (AvgIpc) is 2.43. The van der Waals surface area contributed by atoms with E-state index in [1.807, 2.05) is 0 Å². The van der Waals surface area contributed by atoms with Crippen molar-refractivity contribution < 1.29 is 4.79 Å². The quantitative estimate of drug-likeness (QED) is 0.803. The van der Waals surface area contributed by atoms with Crippen molar-refractivity contribution in [2.45, 2.75) is 66.3 Å². The minimum atomic E-state index is -0.206. The topological polar surface area (TPSA) is 32.3 Å². The van der Waals surface area contributed by atoms with E-state index in [1.54, 1.807) is 0 Å². The summed E-state index contributed by atoms with van der Waals surface area (Å²) in [7, 11) is 0. The van der Waals surface area contributed by atoms with E-state index in [-0.39, 0.29) is 5.41 Å². The fourth-order valence-electron chi connectivity index (χ4n) is 2.81. The van der Waals surface area contributed by atoms with Gasteiger partial charge in [0.15, 0.2) is 0 Å². The maximum Gasteiger partial charge on any atom is 0.228 e. The van der Waals surface area contributed by atoms with Gasteiger partial charge in [-0.1, -0.05) is 41.0 Å². The molecule has 112 valence electrons. The van der Waals surface area contributed by atoms with Crippen LogP contribution in [0, 0.1) is 11.3 Å². The molecule has 3 heteroatoms. The number of hydrogen-bond acceptors (Lipinski definition) is 2. The molecular formula is C16H32N2O. The Labute approximate surface area is 119 Å². The highest BCUT2D eigenvalue weighted by Gasteiger charge is 2.35. The number of piperidine rings is 1. The number of likely N-dealkylation sites (tertiary alicyclic amines) is 1. The summed E-state index contributed by atoms with van der Waals surface area (Å²) in [5.74, 6) is 0.944. The van der Waals surface area contributed by atoms with Crippen LogP contribution in [-0.4, -0.2) is 36.5 Å². The Morgan fingerprint density at radius 3 is 2.53 bits per heavy atom. The summed E-state index contributed by atoms with van der Waals surface area (Å²) in [4.78, 5) is 14.6. The minimum absolute atomic E-state index is 0.206. The van der Waals surface area contributed by atoms with E-state index in [1.165, 1.54) is 6.42 Å². The zero-order chi connectivity index (χ0) is 14.5. The van der Waals surface area contributed by atoms with Crippen molar-refractivity contribution in [3.8, 4) is 0 Å². The number of nitrogens with one attached hydrogen (secondary N) is 1. The van der Waals surface area contributed by atoms with E-state index in [0.717, 1.165) is 38.9 Å². The first-order chi connectivity index (χ1) is 8.96. The van der Waals surface area contributed by atoms with Gasteiger partial charge in [0, 0.05) is 24.5 Å². The van der Waals surface area contributed by atoms with E-state index >= 15 is 0 Å². The standard InChI is InChI=1S/C16H32N2O/c1-6-10-17-14-9-11-18(12-13(14)7-2)15(19)16(4,5)8-3/h13-14,17H,6-12H2,1-5H3. The van der Waals surface area contributed by atoms with Gasteiger partial charge in [0.1, 0.15) is 0 Å². The molecular weight excluding hydrogens is 236 g/mol. The Morgan fingerprint density at radius 2 is 2.00 bits per heavy atom. The van der Waals surface area contributed by atoms with Crippen molar-refractivity contribution >= 4 is 5.91 Å². The van der Waals surface area contributed by atoms with Gasteiger partial charge >= 0.3 is 0 Å². The summed E-state index contributed by atoms with van der Waals surface area (Å²) in [5.41, 5.74) is -0.206. The summed E-state index contributed by atoms with van der Waals surface area (Å²) in [6.07, 6.45) is 4.34. The second-order valence-corrected chi connectivity index (χ2v) is 6.51. The van der Waals surface area contributed by atoms with Crippen LogP contribution >= 0.6 is 0 Å². The van der Waals surface area contributed by atoms with Crippen molar-refractivity contribution in [3.63, 3.8) is 0 Å². The third-order valence-corrected chi connectivity index (χ3v) is 4.66. The zero-order valence-electron chi connectivity index (χ0n) is 13.5. The average molecular weight is 268 g/mol. The van der Waals surface area contributed by atoms with Crippen molar-refractivity contribution in [2.24, 2.45) is 11.3 Å². The van der Waals surface area contributed by atoms with Gasteiger partial charge in [0.2, 0.25) is 5.91 Å². The highest BCUT2D eigenvalue weighted by Crippen LogP contribution is 2.27. The van der Waals surface area contributed by atoms with Crippen LogP contribution in [0.25, 0.3) is 0 Å². The molecule has 0 spiro atoms. The fourth-order valence-corrected chi connectivity index (χ4v) is 2.81. The van der Waals surface area contributed by atoms with Gasteiger partial charge in [-0.3, -0.25) is 4.79 Å². The van der Waals surface area contributed by atoms with Gasteiger partial charge < -0.3 is 10.2 Å². The smallest absolute Gasteiger partial charge is 0.228 e. The molecule has 2 atom stereocenters. The Morgan fingerprint density at radius 1 is 1.32 bits per heavy atom. The van der Waals surface area contributed by atoms with Gasteiger partial charge in [-0.25, -0.2) is 0 Å². The second kappa shape index (κ2) is 7.28. The maximum atomic E-state index is 12.5. The lowest BCUT2D eigenvalue weighted by atomic mass is 9.85. The van der Waals surface area contributed by atoms with Gasteiger partial charge in [-0.05, 0) is 31.7 Å². The largest absolute Gasteiger partial charge is 0.342 e. The number of carbonyl (C=O) groups excluding carboxylic acids is 1. The van der Waals surface area contributed by atoms with E-state index < -0.39 is 0 Å². The van der Waals surface area contributed by atoms with Gasteiger partial charge in [0.25, 0.3) is 0 Å². The van der Waals surface area contributed by atoms with E-state index in [0.29, 0.717) is 17.9 Å². The first-order valence-corrected chi connectivity index (χ1v) is 7.99. The first kappa shape index (κ1) is 16.5. The molecule has 1 saturated heterocycles. The summed E-state index contributed by atoms with van der Waals surface area (Å²) in [6.45, 7) is 13.6. The molecule has 0 aromatic carbocycles. The Bertz CT molecular complexity index is 288. The highest BCUT2D eigenvalue weighted by atomic mass is 16.2. The van der Waals surface area contributed by atoms with Gasteiger partial charge in [0.05, 0.1) is 0 Å². The van der Waals surface area contributed by atoms with Crippen LogP contribution in [-0.2, 0) is 4.79 Å². The molecule has 0 saturated carbocycles. The molecule has 1 amide bonds. The molecule has 19 heavy (non-hydrogen) atoms. The van der Waals surface area contributed by atoms with Crippen LogP contribution in [0.4, 0.5) is 0 Å². The lowest BCUT2D eigenvalue weighted by Crippen LogP contribution is -2.53. The maximum absolute atomic E-state index is 12.5. The lowest BCUT2D eigenvalue weighted by Gasteiger charge is -2.41. The van der Waals surface area contributed by atoms with Crippen molar-refractivity contribution in [2.75, 3.05) is 19.6 Å². The normalized spacial score (nSPS) is 24.6. The molecule has 0 radical (unpaired) electrons. The lowest BCUT2D eigenvalue weighted by molar-refractivity contribution is -0.142. The molecule has 1 aliphatic rings. The van der Waals surface area contributed by atoms with Crippen molar-refractivity contribution in [1.29, 1.82) is 0 Å². The van der Waals surface area contributed by atoms with Crippen LogP contribution in [0.15, 0.2) is 0 Å². The third kappa shape index (κ3) is 4.20. The molecule has 1 heterocycles. The van der Waals surface area contributed by atoms with E-state index in [9.17, 15) is 4.79 Å². The van der Waals surface area contributed by atoms with Crippen molar-refractivity contribution in [1.82, 2.24) is 10.2 Å².